The number of sulfonamides is 2. The van der Waals surface area contributed by atoms with E-state index in [4.69, 9.17) is 0 Å². The van der Waals surface area contributed by atoms with Gasteiger partial charge in [-0.15, -0.1) is 0 Å². The van der Waals surface area contributed by atoms with E-state index in [1.165, 1.54) is 62.8 Å². The number of halogens is 6. The maximum atomic E-state index is 11.4. The predicted molar refractivity (Wildman–Crippen MR) is 76.1 cm³/mol. The van der Waals surface area contributed by atoms with E-state index in [1.54, 1.807) is 0 Å². The van der Waals surface area contributed by atoms with Crippen molar-refractivity contribution in [1.29, 1.82) is 0 Å². The van der Waals surface area contributed by atoms with Crippen molar-refractivity contribution in [2.24, 2.45) is 0 Å². The van der Waals surface area contributed by atoms with Crippen LogP contribution in [0.4, 0.5) is 26.3 Å². The highest BCUT2D eigenvalue weighted by molar-refractivity contribution is 8.13. The van der Waals surface area contributed by atoms with Crippen molar-refractivity contribution in [1.82, 2.24) is 0 Å². The highest BCUT2D eigenvalue weighted by atomic mass is 32.3. The van der Waals surface area contributed by atoms with Crippen LogP contribution in [-0.4, -0.2) is 58.5 Å². The maximum absolute atomic E-state index is 11.4. The van der Waals surface area contributed by atoms with Gasteiger partial charge in [0, 0.05) is 12.8 Å². The van der Waals surface area contributed by atoms with Crippen LogP contribution in [0.15, 0.2) is 0 Å². The van der Waals surface area contributed by atoms with Crippen molar-refractivity contribution in [3.63, 3.8) is 0 Å². The smallest absolute Gasteiger partial charge is 0.421 e. The van der Waals surface area contributed by atoms with Crippen LogP contribution in [0, 0.1) is 0 Å². The van der Waals surface area contributed by atoms with Gasteiger partial charge < -0.3 is 8.61 Å². The van der Waals surface area contributed by atoms with Gasteiger partial charge in [0.2, 0.25) is 0 Å². The molecule has 0 N–H and O–H groups in total. The first-order chi connectivity index (χ1) is 11.1. The normalized spacial score (nSPS) is 21.7. The lowest BCUT2D eigenvalue weighted by molar-refractivity contribution is -0.921. The topological polar surface area (TPSA) is 82.4 Å². The Morgan fingerprint density at radius 2 is 0.880 bits per heavy atom. The average Bonchev–Trinajstić information content (AvgIpc) is 2.84. The van der Waals surface area contributed by atoms with Gasteiger partial charge in [-0.3, -0.25) is 0 Å². The van der Waals surface area contributed by atoms with Crippen molar-refractivity contribution in [3.8, 4) is 0 Å². The fourth-order valence-corrected chi connectivity index (χ4v) is 4.56. The Morgan fingerprint density at radius 1 is 0.600 bits per heavy atom. The summed E-state index contributed by atoms with van der Waals surface area (Å²) < 4.78 is 111. The summed E-state index contributed by atoms with van der Waals surface area (Å²) in [5, 5.41) is 0. The zero-order valence-electron chi connectivity index (χ0n) is 13.0. The first-order valence-electron chi connectivity index (χ1n) is 7.34. The van der Waals surface area contributed by atoms with Crippen LogP contribution in [-0.2, 0) is 20.0 Å². The Labute approximate surface area is 141 Å². The molecule has 2 aliphatic heterocycles. The molecular formula is C11H18F6N2O4S2. The molecule has 2 aliphatic rings. The van der Waals surface area contributed by atoms with E-state index >= 15 is 0 Å². The fourth-order valence-electron chi connectivity index (χ4n) is 2.85. The Morgan fingerprint density at radius 3 is 1.16 bits per heavy atom. The number of nitrogens with zero attached hydrogens (tertiary/aromatic N) is 2. The Hall–Kier alpha value is -0.600. The quantitative estimate of drug-likeness (QED) is 0.508. The van der Waals surface area contributed by atoms with E-state index in [2.05, 4.69) is 0 Å². The molecule has 0 aromatic carbocycles. The van der Waals surface area contributed by atoms with Gasteiger partial charge in [0.25, 0.3) is 0 Å². The van der Waals surface area contributed by atoms with Gasteiger partial charge in [0.1, 0.15) is 0 Å². The van der Waals surface area contributed by atoms with Gasteiger partial charge in [-0.2, -0.15) is 26.3 Å². The minimum atomic E-state index is -6.72. The van der Waals surface area contributed by atoms with Gasteiger partial charge in [-0.25, -0.2) is 16.8 Å². The molecule has 0 saturated carbocycles. The summed E-state index contributed by atoms with van der Waals surface area (Å²) in [4.78, 5) is 0. The third-order valence-electron chi connectivity index (χ3n) is 4.06. The van der Waals surface area contributed by atoms with Crippen molar-refractivity contribution < 1.29 is 47.7 Å². The fraction of sp³-hybridized carbons (Fsp3) is 1.00. The second-order valence-electron chi connectivity index (χ2n) is 5.92. The van der Waals surface area contributed by atoms with Crippen LogP contribution in [0.25, 0.3) is 4.13 Å². The molecule has 6 nitrogen and oxygen atoms in total. The molecule has 2 rings (SSSR count). The van der Waals surface area contributed by atoms with Crippen molar-refractivity contribution >= 4 is 20.0 Å². The summed E-state index contributed by atoms with van der Waals surface area (Å²) in [5.41, 5.74) is -12.4. The van der Waals surface area contributed by atoms with E-state index in [9.17, 15) is 43.2 Å². The molecule has 2 fully saturated rings. The molecule has 2 saturated heterocycles. The van der Waals surface area contributed by atoms with Gasteiger partial charge in [0.15, 0.2) is 20.0 Å². The molecule has 0 unspecified atom stereocenters. The van der Waals surface area contributed by atoms with Crippen LogP contribution in [0.2, 0.25) is 0 Å². The molecule has 2 heterocycles. The first-order valence-corrected chi connectivity index (χ1v) is 10.2. The second-order valence-corrected chi connectivity index (χ2v) is 9.34. The third kappa shape index (κ3) is 5.96. The molecule has 0 atom stereocenters. The van der Waals surface area contributed by atoms with Crippen LogP contribution in [0.3, 0.4) is 0 Å². The van der Waals surface area contributed by atoms with Crippen LogP contribution >= 0.6 is 0 Å². The van der Waals surface area contributed by atoms with Crippen molar-refractivity contribution in [3.05, 3.63) is 4.13 Å². The number of hydrogen-bond acceptors (Lipinski definition) is 4. The zero-order chi connectivity index (χ0) is 19.6. The summed E-state index contributed by atoms with van der Waals surface area (Å²) >= 11 is 0. The molecule has 14 heteroatoms. The van der Waals surface area contributed by atoms with E-state index < -0.39 is 31.1 Å². The van der Waals surface area contributed by atoms with E-state index in [0.29, 0.717) is 0 Å². The molecule has 0 aromatic rings. The van der Waals surface area contributed by atoms with E-state index in [1.807, 2.05) is 0 Å². The molecule has 0 aliphatic carbocycles. The number of quaternary nitrogens is 1. The van der Waals surface area contributed by atoms with E-state index in [0.717, 1.165) is 4.13 Å². The summed E-state index contributed by atoms with van der Waals surface area (Å²) in [7, 11) is -13.4. The van der Waals surface area contributed by atoms with Crippen molar-refractivity contribution in [2.45, 2.75) is 43.1 Å². The minimum Gasteiger partial charge on any atom is -0.421 e. The molecule has 1 spiro atoms. The maximum Gasteiger partial charge on any atom is 0.480 e. The summed E-state index contributed by atoms with van der Waals surface area (Å²) in [6.07, 6.45) is 7.50. The lowest BCUT2D eigenvalue weighted by Crippen LogP contribution is -2.48. The van der Waals surface area contributed by atoms with Crippen LogP contribution in [0.5, 0.6) is 0 Å². The molecule has 150 valence electrons. The summed E-state index contributed by atoms with van der Waals surface area (Å²) in [5.74, 6) is 0. The standard InChI is InChI=1S/C9H18N.C2F6NO4S2/c1-2-6-10(7-3-1)8-4-5-9-10;3-1(4,5)14(10,11)9-15(12,13)2(6,7)8/h1-9H2;/q+1;-1. The zero-order valence-corrected chi connectivity index (χ0v) is 14.6. The number of alkyl halides is 6. The minimum absolute atomic E-state index is 0.778. The van der Waals surface area contributed by atoms with Gasteiger partial charge in [0.05, 0.1) is 26.2 Å². The summed E-state index contributed by atoms with van der Waals surface area (Å²) in [6, 6.07) is 0. The highest BCUT2D eigenvalue weighted by Gasteiger charge is 2.46. The van der Waals surface area contributed by atoms with E-state index in [-0.39, 0.29) is 0 Å². The molecule has 0 radical (unpaired) electrons. The Kier molecular flexibility index (Phi) is 6.79. The lowest BCUT2D eigenvalue weighted by atomic mass is 10.1. The Bertz CT molecular complexity index is 601. The molecule has 0 amide bonds. The molecule has 0 aromatic heterocycles. The van der Waals surface area contributed by atoms with Crippen LogP contribution in [0.1, 0.15) is 32.1 Å². The monoisotopic (exact) mass is 420 g/mol. The number of hydrogen-bond donors (Lipinski definition) is 0. The van der Waals surface area contributed by atoms with Gasteiger partial charge in [-0.1, -0.05) is 0 Å². The first kappa shape index (κ1) is 22.4. The second kappa shape index (κ2) is 7.56. The SMILES string of the molecule is C1CC[N+]2(CC1)CCCC2.O=S(=O)([N-]S(=O)(=O)C(F)(F)F)C(F)(F)F. The average molecular weight is 420 g/mol. The van der Waals surface area contributed by atoms with Gasteiger partial charge >= 0.3 is 11.0 Å². The highest BCUT2D eigenvalue weighted by Crippen LogP contribution is 2.36. The molecule has 0 bridgehead atoms. The molecular weight excluding hydrogens is 402 g/mol. The third-order valence-corrected chi connectivity index (χ3v) is 6.80. The number of rotatable bonds is 2. The predicted octanol–water partition coefficient (Wildman–Crippen LogP) is 2.84. The van der Waals surface area contributed by atoms with Crippen molar-refractivity contribution in [2.75, 3.05) is 26.2 Å². The largest absolute Gasteiger partial charge is 0.480 e. The lowest BCUT2D eigenvalue weighted by Gasteiger charge is -2.37. The number of piperidine rings is 1. The molecule has 25 heavy (non-hydrogen) atoms. The van der Waals surface area contributed by atoms with Crippen LogP contribution < -0.4 is 0 Å². The van der Waals surface area contributed by atoms with Gasteiger partial charge in [-0.05, 0) is 19.3 Å². The Balaban J connectivity index is 0.000000267. The summed E-state index contributed by atoms with van der Waals surface area (Å²) in [6.45, 7) is 6.00.